The minimum Gasteiger partial charge on any atom is -0.396 e. The standard InChI is InChI=1S/C28H31BrClN3O4S/c29-20-15-28-22(21(23(20)38-28)25(35)31-16-17-7-3-1-4-8-17)27(37)33(13-5-2-6-14-34)24(28)26(36)32-19-11-9-18(30)10-12-19/h1,3-4,7-12,20-24,34H,2,5-6,13-16H2,(H,31,35)(H,32,36)/t20?,21-,22+,23-,24?,28?/m1/s1. The molecule has 2 aromatic rings. The van der Waals surface area contributed by atoms with E-state index in [2.05, 4.69) is 26.6 Å². The summed E-state index contributed by atoms with van der Waals surface area (Å²) in [4.78, 5) is 43.2. The van der Waals surface area contributed by atoms with Gasteiger partial charge in [-0.05, 0) is 55.5 Å². The van der Waals surface area contributed by atoms with Crippen LogP contribution in [0.1, 0.15) is 31.2 Å². The van der Waals surface area contributed by atoms with Crippen molar-refractivity contribution in [3.8, 4) is 0 Å². The molecule has 3 aliphatic heterocycles. The van der Waals surface area contributed by atoms with Crippen molar-refractivity contribution in [2.24, 2.45) is 11.8 Å². The highest BCUT2D eigenvalue weighted by Gasteiger charge is 2.75. The molecule has 3 saturated heterocycles. The van der Waals surface area contributed by atoms with E-state index in [1.807, 2.05) is 30.3 Å². The van der Waals surface area contributed by atoms with Gasteiger partial charge in [-0.2, -0.15) is 0 Å². The lowest BCUT2D eigenvalue weighted by Gasteiger charge is -2.35. The van der Waals surface area contributed by atoms with Gasteiger partial charge < -0.3 is 20.6 Å². The topological polar surface area (TPSA) is 98.7 Å². The molecule has 3 unspecified atom stereocenters. The number of aliphatic hydroxyl groups is 1. The van der Waals surface area contributed by atoms with Gasteiger partial charge in [0.25, 0.3) is 0 Å². The predicted molar refractivity (Wildman–Crippen MR) is 153 cm³/mol. The number of thioether (sulfide) groups is 1. The number of aliphatic hydroxyl groups excluding tert-OH is 1. The number of halogens is 2. The second kappa shape index (κ2) is 11.6. The van der Waals surface area contributed by atoms with Crippen LogP contribution in [-0.2, 0) is 20.9 Å². The lowest BCUT2D eigenvalue weighted by molar-refractivity contribution is -0.139. The molecule has 3 heterocycles. The first-order chi connectivity index (χ1) is 18.4. The number of hydrogen-bond donors (Lipinski definition) is 3. The fourth-order valence-corrected chi connectivity index (χ4v) is 9.93. The zero-order valence-electron chi connectivity index (χ0n) is 20.8. The molecule has 6 atom stereocenters. The van der Waals surface area contributed by atoms with Crippen molar-refractivity contribution in [2.45, 2.75) is 53.1 Å². The van der Waals surface area contributed by atoms with Gasteiger partial charge in [0.1, 0.15) is 6.04 Å². The molecule has 0 aliphatic carbocycles. The van der Waals surface area contributed by atoms with E-state index in [-0.39, 0.29) is 34.4 Å². The van der Waals surface area contributed by atoms with Crippen molar-refractivity contribution in [3.63, 3.8) is 0 Å². The molecular weight excluding hydrogens is 590 g/mol. The molecule has 1 spiro atoms. The zero-order chi connectivity index (χ0) is 26.9. The van der Waals surface area contributed by atoms with E-state index >= 15 is 0 Å². The largest absolute Gasteiger partial charge is 0.396 e. The molecule has 2 bridgehead atoms. The Kier molecular flexibility index (Phi) is 8.38. The first-order valence-corrected chi connectivity index (χ1v) is 15.1. The monoisotopic (exact) mass is 619 g/mol. The van der Waals surface area contributed by atoms with Crippen molar-refractivity contribution in [1.29, 1.82) is 0 Å². The number of alkyl halides is 1. The van der Waals surface area contributed by atoms with Crippen LogP contribution in [0.3, 0.4) is 0 Å². The molecule has 2 aromatic carbocycles. The predicted octanol–water partition coefficient (Wildman–Crippen LogP) is 4.22. The number of nitrogens with zero attached hydrogens (tertiary/aromatic N) is 1. The van der Waals surface area contributed by atoms with Crippen LogP contribution >= 0.6 is 39.3 Å². The van der Waals surface area contributed by atoms with Crippen LogP contribution in [0.4, 0.5) is 5.69 Å². The van der Waals surface area contributed by atoms with Gasteiger partial charge in [0, 0.05) is 40.5 Å². The van der Waals surface area contributed by atoms with E-state index < -0.39 is 22.6 Å². The number of anilines is 1. The Morgan fingerprint density at radius 3 is 2.53 bits per heavy atom. The third-order valence-electron chi connectivity index (χ3n) is 7.82. The molecule has 7 nitrogen and oxygen atoms in total. The summed E-state index contributed by atoms with van der Waals surface area (Å²) in [6.07, 6.45) is 2.70. The molecule has 3 amide bonds. The van der Waals surface area contributed by atoms with Gasteiger partial charge in [-0.25, -0.2) is 0 Å². The van der Waals surface area contributed by atoms with Crippen LogP contribution in [0.5, 0.6) is 0 Å². The quantitative estimate of drug-likeness (QED) is 0.273. The molecular formula is C28H31BrClN3O4S. The van der Waals surface area contributed by atoms with Gasteiger partial charge >= 0.3 is 0 Å². The number of fused-ring (bicyclic) bond motifs is 1. The molecule has 3 aliphatic rings. The summed E-state index contributed by atoms with van der Waals surface area (Å²) in [6, 6.07) is 15.9. The van der Waals surface area contributed by atoms with Gasteiger partial charge in [-0.15, -0.1) is 11.8 Å². The van der Waals surface area contributed by atoms with Crippen LogP contribution in [0, 0.1) is 11.8 Å². The molecule has 0 aromatic heterocycles. The van der Waals surface area contributed by atoms with Crippen molar-refractivity contribution >= 4 is 62.7 Å². The van der Waals surface area contributed by atoms with Crippen LogP contribution in [-0.4, -0.2) is 61.7 Å². The van der Waals surface area contributed by atoms with E-state index in [4.69, 9.17) is 11.6 Å². The van der Waals surface area contributed by atoms with Crippen LogP contribution < -0.4 is 10.6 Å². The molecule has 202 valence electrons. The van der Waals surface area contributed by atoms with Gasteiger partial charge in [0.2, 0.25) is 17.7 Å². The number of rotatable bonds is 10. The Hall–Kier alpha value is -2.07. The first kappa shape index (κ1) is 27.5. The number of likely N-dealkylation sites (tertiary alicyclic amines) is 1. The third-order valence-corrected chi connectivity index (χ3v) is 11.3. The molecule has 10 heteroatoms. The van der Waals surface area contributed by atoms with Crippen molar-refractivity contribution in [3.05, 3.63) is 65.2 Å². The van der Waals surface area contributed by atoms with E-state index in [9.17, 15) is 19.5 Å². The lowest BCUT2D eigenvalue weighted by atomic mass is 9.70. The minimum absolute atomic E-state index is 0.0178. The number of unbranched alkanes of at least 4 members (excludes halogenated alkanes) is 2. The number of benzene rings is 2. The van der Waals surface area contributed by atoms with E-state index in [1.54, 1.807) is 40.9 Å². The summed E-state index contributed by atoms with van der Waals surface area (Å²) >= 11 is 11.4. The molecule has 38 heavy (non-hydrogen) atoms. The number of carbonyl (C=O) groups is 3. The molecule has 5 rings (SSSR count). The second-order valence-corrected chi connectivity index (χ2v) is 13.3. The smallest absolute Gasteiger partial charge is 0.248 e. The Balaban J connectivity index is 1.42. The fraction of sp³-hybridized carbons (Fsp3) is 0.464. The number of amides is 3. The highest BCUT2D eigenvalue weighted by molar-refractivity contribution is 9.09. The van der Waals surface area contributed by atoms with Crippen molar-refractivity contribution in [2.75, 3.05) is 18.5 Å². The normalized spacial score (nSPS) is 29.4. The van der Waals surface area contributed by atoms with Gasteiger partial charge in [0.05, 0.1) is 16.6 Å². The fourth-order valence-electron chi connectivity index (χ4n) is 6.19. The van der Waals surface area contributed by atoms with Crippen LogP contribution in [0.15, 0.2) is 54.6 Å². The summed E-state index contributed by atoms with van der Waals surface area (Å²) in [5, 5.41) is 15.7. The van der Waals surface area contributed by atoms with Gasteiger partial charge in [-0.3, -0.25) is 14.4 Å². The average Bonchev–Trinajstić information content (AvgIpc) is 3.50. The Morgan fingerprint density at radius 2 is 1.82 bits per heavy atom. The Morgan fingerprint density at radius 1 is 1.08 bits per heavy atom. The Labute approximate surface area is 240 Å². The molecule has 0 saturated carbocycles. The van der Waals surface area contributed by atoms with Crippen LogP contribution in [0.2, 0.25) is 5.02 Å². The molecule has 3 fully saturated rings. The van der Waals surface area contributed by atoms with E-state index in [0.717, 1.165) is 12.0 Å². The SMILES string of the molecule is O=C(Nc1ccc(Cl)cc1)C1N(CCCCCO)C(=O)[C@@H]2[C@@H](C(=O)NCc3ccccc3)[C@@H]3SC12CC3Br. The summed E-state index contributed by atoms with van der Waals surface area (Å²) in [5.74, 6) is -1.61. The summed E-state index contributed by atoms with van der Waals surface area (Å²) in [6.45, 7) is 0.888. The summed E-state index contributed by atoms with van der Waals surface area (Å²) in [7, 11) is 0. The number of carbonyl (C=O) groups excluding carboxylic acids is 3. The molecule has 0 radical (unpaired) electrons. The Bertz CT molecular complexity index is 1190. The number of hydrogen-bond acceptors (Lipinski definition) is 5. The summed E-state index contributed by atoms with van der Waals surface area (Å²) in [5.41, 5.74) is 1.60. The highest BCUT2D eigenvalue weighted by Crippen LogP contribution is 2.67. The van der Waals surface area contributed by atoms with Crippen LogP contribution in [0.25, 0.3) is 0 Å². The summed E-state index contributed by atoms with van der Waals surface area (Å²) < 4.78 is -0.696. The first-order valence-electron chi connectivity index (χ1n) is 13.0. The van der Waals surface area contributed by atoms with E-state index in [1.165, 1.54) is 0 Å². The lowest BCUT2D eigenvalue weighted by Crippen LogP contribution is -2.53. The number of nitrogens with one attached hydrogen (secondary N) is 2. The van der Waals surface area contributed by atoms with Crippen molar-refractivity contribution in [1.82, 2.24) is 10.2 Å². The molecule has 3 N–H and O–H groups in total. The van der Waals surface area contributed by atoms with E-state index in [0.29, 0.717) is 43.1 Å². The van der Waals surface area contributed by atoms with Crippen molar-refractivity contribution < 1.29 is 19.5 Å². The average molecular weight is 621 g/mol. The second-order valence-electron chi connectivity index (χ2n) is 10.2. The maximum Gasteiger partial charge on any atom is 0.248 e. The van der Waals surface area contributed by atoms with Gasteiger partial charge in [-0.1, -0.05) is 57.9 Å². The third kappa shape index (κ3) is 5.10. The highest BCUT2D eigenvalue weighted by atomic mass is 79.9. The zero-order valence-corrected chi connectivity index (χ0v) is 24.0. The maximum absolute atomic E-state index is 14.0. The minimum atomic E-state index is -0.702. The van der Waals surface area contributed by atoms with Gasteiger partial charge in [0.15, 0.2) is 0 Å². The maximum atomic E-state index is 14.0.